The molecule has 0 amide bonds. The van der Waals surface area contributed by atoms with Crippen molar-refractivity contribution >= 4 is 17.0 Å². The molecule has 2 rings (SSSR count). The molecule has 0 saturated heterocycles. The van der Waals surface area contributed by atoms with Crippen LogP contribution >= 0.6 is 11.3 Å². The summed E-state index contributed by atoms with van der Waals surface area (Å²) in [5.74, 6) is 0. The van der Waals surface area contributed by atoms with Crippen molar-refractivity contribution in [2.24, 2.45) is 0 Å². The number of hydrogen-bond acceptors (Lipinski definition) is 3. The van der Waals surface area contributed by atoms with Gasteiger partial charge in [0.1, 0.15) is 0 Å². The Bertz CT molecular complexity index is 407. The molecule has 66 valence electrons. The molecule has 0 aliphatic heterocycles. The van der Waals surface area contributed by atoms with E-state index >= 15 is 0 Å². The number of thiophene rings is 1. The van der Waals surface area contributed by atoms with Crippen LogP contribution < -0.4 is 5.73 Å². The van der Waals surface area contributed by atoms with E-state index in [9.17, 15) is 0 Å². The van der Waals surface area contributed by atoms with Crippen LogP contribution in [0.5, 0.6) is 0 Å². The zero-order chi connectivity index (χ0) is 9.26. The summed E-state index contributed by atoms with van der Waals surface area (Å²) in [6.45, 7) is 2.02. The van der Waals surface area contributed by atoms with Crippen molar-refractivity contribution in [3.05, 3.63) is 34.8 Å². The lowest BCUT2D eigenvalue weighted by atomic mass is 10.1. The first-order valence-electron chi connectivity index (χ1n) is 4.01. The molecule has 3 heteroatoms. The molecule has 0 saturated carbocycles. The van der Waals surface area contributed by atoms with Crippen molar-refractivity contribution in [1.82, 2.24) is 4.98 Å². The summed E-state index contributed by atoms with van der Waals surface area (Å²) in [6, 6.07) is 2.08. The molecule has 0 bridgehead atoms. The summed E-state index contributed by atoms with van der Waals surface area (Å²) in [7, 11) is 0. The first-order valence-corrected chi connectivity index (χ1v) is 4.96. The van der Waals surface area contributed by atoms with Gasteiger partial charge in [0.05, 0.1) is 11.9 Å². The summed E-state index contributed by atoms with van der Waals surface area (Å²) >= 11 is 1.68. The normalized spacial score (nSPS) is 10.2. The Morgan fingerprint density at radius 3 is 2.92 bits per heavy atom. The molecule has 0 fully saturated rings. The molecule has 0 atom stereocenters. The number of rotatable bonds is 1. The van der Waals surface area contributed by atoms with E-state index in [0.29, 0.717) is 0 Å². The molecule has 2 nitrogen and oxygen atoms in total. The first kappa shape index (κ1) is 8.26. The monoisotopic (exact) mass is 190 g/mol. The second kappa shape index (κ2) is 3.18. The third-order valence-corrected chi connectivity index (χ3v) is 2.77. The number of anilines is 1. The van der Waals surface area contributed by atoms with Crippen molar-refractivity contribution in [3.8, 4) is 11.1 Å². The van der Waals surface area contributed by atoms with Crippen LogP contribution in [0.3, 0.4) is 0 Å². The minimum absolute atomic E-state index is 0.753. The quantitative estimate of drug-likeness (QED) is 0.751. The molecule has 2 aromatic rings. The van der Waals surface area contributed by atoms with E-state index in [1.165, 1.54) is 5.56 Å². The largest absolute Gasteiger partial charge is 0.397 e. The first-order chi connectivity index (χ1) is 6.29. The van der Waals surface area contributed by atoms with Gasteiger partial charge in [0.25, 0.3) is 0 Å². The van der Waals surface area contributed by atoms with Gasteiger partial charge in [0, 0.05) is 11.8 Å². The van der Waals surface area contributed by atoms with Crippen LogP contribution in [0.25, 0.3) is 11.1 Å². The van der Waals surface area contributed by atoms with Crippen molar-refractivity contribution in [3.63, 3.8) is 0 Å². The van der Waals surface area contributed by atoms with Crippen LogP contribution in [0.1, 0.15) is 5.56 Å². The smallest absolute Gasteiger partial charge is 0.0536 e. The van der Waals surface area contributed by atoms with Crippen molar-refractivity contribution in [2.75, 3.05) is 5.73 Å². The van der Waals surface area contributed by atoms with Gasteiger partial charge in [-0.2, -0.15) is 11.3 Å². The zero-order valence-corrected chi connectivity index (χ0v) is 8.14. The van der Waals surface area contributed by atoms with Crippen LogP contribution in [0.4, 0.5) is 5.69 Å². The summed E-state index contributed by atoms with van der Waals surface area (Å²) < 4.78 is 0. The molecule has 0 radical (unpaired) electrons. The lowest BCUT2D eigenvalue weighted by Gasteiger charge is -2.04. The highest BCUT2D eigenvalue weighted by Gasteiger charge is 2.04. The highest BCUT2D eigenvalue weighted by atomic mass is 32.1. The summed E-state index contributed by atoms with van der Waals surface area (Å²) in [5.41, 5.74) is 9.95. The predicted octanol–water partition coefficient (Wildman–Crippen LogP) is 2.70. The van der Waals surface area contributed by atoms with E-state index in [1.807, 2.05) is 13.1 Å². The van der Waals surface area contributed by atoms with E-state index in [1.54, 1.807) is 17.5 Å². The summed E-state index contributed by atoms with van der Waals surface area (Å²) in [4.78, 5) is 4.08. The molecule has 2 aromatic heterocycles. The number of nitrogens with two attached hydrogens (primary N) is 1. The van der Waals surface area contributed by atoms with Gasteiger partial charge in [0.15, 0.2) is 0 Å². The minimum Gasteiger partial charge on any atom is -0.397 e. The fraction of sp³-hybridized carbons (Fsp3) is 0.100. The van der Waals surface area contributed by atoms with Gasteiger partial charge in [-0.1, -0.05) is 0 Å². The molecule has 0 aliphatic rings. The molecule has 2 heterocycles. The van der Waals surface area contributed by atoms with Gasteiger partial charge >= 0.3 is 0 Å². The number of pyridine rings is 1. The number of nitrogen functional groups attached to an aromatic ring is 1. The third-order valence-electron chi connectivity index (χ3n) is 2.09. The zero-order valence-electron chi connectivity index (χ0n) is 7.32. The second-order valence-electron chi connectivity index (χ2n) is 2.91. The number of aromatic nitrogens is 1. The van der Waals surface area contributed by atoms with Gasteiger partial charge in [-0.15, -0.1) is 0 Å². The van der Waals surface area contributed by atoms with Gasteiger partial charge in [-0.3, -0.25) is 4.98 Å². The van der Waals surface area contributed by atoms with Crippen molar-refractivity contribution in [2.45, 2.75) is 6.92 Å². The average Bonchev–Trinajstić information content (AvgIpc) is 2.62. The van der Waals surface area contributed by atoms with E-state index in [4.69, 9.17) is 5.73 Å². The van der Waals surface area contributed by atoms with Crippen LogP contribution in [0.2, 0.25) is 0 Å². The minimum atomic E-state index is 0.753. The maximum atomic E-state index is 5.77. The van der Waals surface area contributed by atoms with Crippen LogP contribution in [0, 0.1) is 6.92 Å². The Labute approximate surface area is 81.1 Å². The topological polar surface area (TPSA) is 38.9 Å². The highest BCUT2D eigenvalue weighted by molar-refractivity contribution is 7.08. The average molecular weight is 190 g/mol. The van der Waals surface area contributed by atoms with E-state index in [-0.39, 0.29) is 0 Å². The second-order valence-corrected chi connectivity index (χ2v) is 3.69. The summed E-state index contributed by atoms with van der Waals surface area (Å²) in [5, 5.41) is 4.15. The Kier molecular flexibility index (Phi) is 2.02. The van der Waals surface area contributed by atoms with Crippen LogP contribution in [-0.4, -0.2) is 4.98 Å². The van der Waals surface area contributed by atoms with Gasteiger partial charge in [-0.05, 0) is 34.9 Å². The molecule has 13 heavy (non-hydrogen) atoms. The summed E-state index contributed by atoms with van der Waals surface area (Å²) in [6.07, 6.45) is 3.54. The molecule has 0 spiro atoms. The molecule has 0 unspecified atom stereocenters. The lowest BCUT2D eigenvalue weighted by molar-refractivity contribution is 1.29. The van der Waals surface area contributed by atoms with E-state index in [2.05, 4.69) is 21.8 Å². The third kappa shape index (κ3) is 1.42. The molecule has 2 N–H and O–H groups in total. The molecular weight excluding hydrogens is 180 g/mol. The van der Waals surface area contributed by atoms with Gasteiger partial charge < -0.3 is 5.73 Å². The van der Waals surface area contributed by atoms with Crippen molar-refractivity contribution in [1.29, 1.82) is 0 Å². The van der Waals surface area contributed by atoms with Crippen LogP contribution in [0.15, 0.2) is 29.2 Å². The SMILES string of the molecule is Cc1c(N)cncc1-c1ccsc1. The Hall–Kier alpha value is -1.35. The maximum Gasteiger partial charge on any atom is 0.0536 e. The number of hydrogen-bond donors (Lipinski definition) is 1. The maximum absolute atomic E-state index is 5.77. The molecular formula is C10H10N2S. The fourth-order valence-electron chi connectivity index (χ4n) is 1.25. The van der Waals surface area contributed by atoms with Crippen LogP contribution in [-0.2, 0) is 0 Å². The van der Waals surface area contributed by atoms with E-state index < -0.39 is 0 Å². The Balaban J connectivity index is 2.59. The number of nitrogens with zero attached hydrogens (tertiary/aromatic N) is 1. The van der Waals surface area contributed by atoms with Gasteiger partial charge in [-0.25, -0.2) is 0 Å². The fourth-order valence-corrected chi connectivity index (χ4v) is 1.91. The van der Waals surface area contributed by atoms with Gasteiger partial charge in [0.2, 0.25) is 0 Å². The van der Waals surface area contributed by atoms with E-state index in [0.717, 1.165) is 16.8 Å². The standard InChI is InChI=1S/C10H10N2S/c1-7-9(4-12-5-10(7)11)8-2-3-13-6-8/h2-6H,11H2,1H3. The highest BCUT2D eigenvalue weighted by Crippen LogP contribution is 2.27. The predicted molar refractivity (Wildman–Crippen MR) is 56.7 cm³/mol. The Morgan fingerprint density at radius 1 is 1.38 bits per heavy atom. The lowest BCUT2D eigenvalue weighted by Crippen LogP contribution is -1.92. The molecule has 0 aliphatic carbocycles. The van der Waals surface area contributed by atoms with Crippen molar-refractivity contribution < 1.29 is 0 Å². The molecule has 0 aromatic carbocycles. The Morgan fingerprint density at radius 2 is 2.23 bits per heavy atom.